The molecule has 10 heteroatoms. The van der Waals surface area contributed by atoms with E-state index in [0.29, 0.717) is 36.5 Å². The minimum Gasteiger partial charge on any atom is -0.389 e. The van der Waals surface area contributed by atoms with Crippen molar-refractivity contribution < 1.29 is 15.0 Å². The molecule has 3 aromatic rings. The van der Waals surface area contributed by atoms with Crippen LogP contribution in [-0.2, 0) is 17.9 Å². The van der Waals surface area contributed by atoms with E-state index in [1.54, 1.807) is 17.8 Å². The smallest absolute Gasteiger partial charge is 0.226 e. The first-order valence-electron chi connectivity index (χ1n) is 10.1. The number of nitrogens with one attached hydrogen (secondary N) is 1. The van der Waals surface area contributed by atoms with Gasteiger partial charge in [-0.3, -0.25) is 4.79 Å². The summed E-state index contributed by atoms with van der Waals surface area (Å²) in [5, 5.41) is 23.1. The minimum atomic E-state index is -1.08. The Labute approximate surface area is 189 Å². The van der Waals surface area contributed by atoms with Crippen LogP contribution in [0.25, 0.3) is 11.2 Å². The van der Waals surface area contributed by atoms with Gasteiger partial charge in [0.15, 0.2) is 17.0 Å². The fourth-order valence-corrected chi connectivity index (χ4v) is 5.49. The SMILES string of the molecule is CCC(=O)[C@H]1S[C@@H](Cn2cnc3c(NCc4cccc(C)c4)nc(Cl)nc32)[C@@H](O)C1O. The highest BCUT2D eigenvalue weighted by atomic mass is 35.5. The molecule has 8 nitrogen and oxygen atoms in total. The topological polar surface area (TPSA) is 113 Å². The molecule has 3 heterocycles. The Morgan fingerprint density at radius 2 is 2.10 bits per heavy atom. The van der Waals surface area contributed by atoms with E-state index in [1.165, 1.54) is 17.3 Å². The number of carbonyl (C=O) groups is 1. The highest BCUT2D eigenvalue weighted by Gasteiger charge is 2.45. The molecule has 2 aromatic heterocycles. The van der Waals surface area contributed by atoms with Crippen LogP contribution in [-0.4, -0.2) is 58.2 Å². The first-order valence-corrected chi connectivity index (χ1v) is 11.4. The maximum absolute atomic E-state index is 12.1. The van der Waals surface area contributed by atoms with Crippen molar-refractivity contribution in [2.24, 2.45) is 0 Å². The van der Waals surface area contributed by atoms with Gasteiger partial charge in [0, 0.05) is 19.5 Å². The van der Waals surface area contributed by atoms with Crippen molar-refractivity contribution in [2.75, 3.05) is 5.32 Å². The average Bonchev–Trinajstić information content (AvgIpc) is 3.27. The molecule has 0 radical (unpaired) electrons. The number of hydrogen-bond acceptors (Lipinski definition) is 8. The number of hydrogen-bond donors (Lipinski definition) is 3. The molecule has 1 aromatic carbocycles. The Balaban J connectivity index is 1.56. The molecular weight excluding hydrogens is 438 g/mol. The number of ketones is 1. The minimum absolute atomic E-state index is 0.0671. The second-order valence-corrected chi connectivity index (χ2v) is 9.37. The van der Waals surface area contributed by atoms with Gasteiger partial charge in [-0.25, -0.2) is 4.98 Å². The quantitative estimate of drug-likeness (QED) is 0.460. The number of nitrogens with zero attached hydrogens (tertiary/aromatic N) is 4. The van der Waals surface area contributed by atoms with Gasteiger partial charge in [0.1, 0.15) is 5.78 Å². The van der Waals surface area contributed by atoms with Crippen molar-refractivity contribution in [3.63, 3.8) is 0 Å². The van der Waals surface area contributed by atoms with E-state index >= 15 is 0 Å². The molecule has 1 aliphatic heterocycles. The van der Waals surface area contributed by atoms with Crippen molar-refractivity contribution in [1.29, 1.82) is 0 Å². The average molecular weight is 462 g/mol. The van der Waals surface area contributed by atoms with Crippen molar-refractivity contribution >= 4 is 46.1 Å². The fourth-order valence-electron chi connectivity index (χ4n) is 3.74. The standard InChI is InChI=1S/C21H24ClN5O3S/c1-3-13(28)18-17(30)16(29)14(31-18)9-27-10-24-15-19(25-21(22)26-20(15)27)23-8-12-6-4-5-11(2)7-12/h4-7,10,14,16-18,29-30H,3,8-9H2,1-2H3,(H,23,25,26)/t14-,16+,17?,18+/m0/s1. The van der Waals surface area contributed by atoms with Crippen LogP contribution >= 0.6 is 23.4 Å². The number of benzene rings is 1. The summed E-state index contributed by atoms with van der Waals surface area (Å²) in [4.78, 5) is 25.1. The second-order valence-electron chi connectivity index (χ2n) is 7.65. The number of imidazole rings is 1. The van der Waals surface area contributed by atoms with Gasteiger partial charge in [-0.05, 0) is 24.1 Å². The second kappa shape index (κ2) is 9.12. The normalized spacial score (nSPS) is 23.4. The first kappa shape index (κ1) is 22.0. The van der Waals surface area contributed by atoms with Crippen LogP contribution in [0, 0.1) is 6.92 Å². The largest absolute Gasteiger partial charge is 0.389 e. The van der Waals surface area contributed by atoms with Gasteiger partial charge < -0.3 is 20.1 Å². The van der Waals surface area contributed by atoms with Crippen molar-refractivity contribution in [1.82, 2.24) is 19.5 Å². The van der Waals surface area contributed by atoms with Crippen LogP contribution in [0.3, 0.4) is 0 Å². The van der Waals surface area contributed by atoms with Crippen LogP contribution in [0.4, 0.5) is 5.82 Å². The number of thioether (sulfide) groups is 1. The molecule has 0 saturated carbocycles. The third-order valence-corrected chi connectivity index (χ3v) is 7.17. The monoisotopic (exact) mass is 461 g/mol. The van der Waals surface area contributed by atoms with Gasteiger partial charge in [-0.1, -0.05) is 36.8 Å². The highest BCUT2D eigenvalue weighted by Crippen LogP contribution is 2.37. The summed E-state index contributed by atoms with van der Waals surface area (Å²) in [6, 6.07) is 8.15. The lowest BCUT2D eigenvalue weighted by molar-refractivity contribution is -0.121. The number of halogens is 1. The first-order chi connectivity index (χ1) is 14.9. The number of anilines is 1. The number of rotatable bonds is 7. The zero-order valence-electron chi connectivity index (χ0n) is 17.2. The molecule has 4 rings (SSSR count). The van der Waals surface area contributed by atoms with E-state index in [1.807, 2.05) is 25.1 Å². The number of Topliss-reactive ketones (excluding diaryl/α,β-unsaturated/α-hetero) is 1. The van der Waals surface area contributed by atoms with Crippen molar-refractivity contribution in [3.8, 4) is 0 Å². The molecule has 3 N–H and O–H groups in total. The van der Waals surface area contributed by atoms with Gasteiger partial charge in [-0.2, -0.15) is 9.97 Å². The molecular formula is C21H24ClN5O3S. The van der Waals surface area contributed by atoms with E-state index in [9.17, 15) is 15.0 Å². The van der Waals surface area contributed by atoms with Crippen LogP contribution in [0.5, 0.6) is 0 Å². The zero-order chi connectivity index (χ0) is 22.1. The van der Waals surface area contributed by atoms with E-state index in [-0.39, 0.29) is 16.3 Å². The molecule has 0 bridgehead atoms. The highest BCUT2D eigenvalue weighted by molar-refractivity contribution is 8.01. The zero-order valence-corrected chi connectivity index (χ0v) is 18.8. The molecule has 0 aliphatic carbocycles. The summed E-state index contributed by atoms with van der Waals surface area (Å²) >= 11 is 7.46. The van der Waals surface area contributed by atoms with Gasteiger partial charge >= 0.3 is 0 Å². The third-order valence-electron chi connectivity index (χ3n) is 5.38. The lowest BCUT2D eigenvalue weighted by Gasteiger charge is -2.16. The van der Waals surface area contributed by atoms with Crippen LogP contribution in [0.15, 0.2) is 30.6 Å². The predicted octanol–water partition coefficient (Wildman–Crippen LogP) is 2.59. The summed E-state index contributed by atoms with van der Waals surface area (Å²) < 4.78 is 1.77. The van der Waals surface area contributed by atoms with Crippen molar-refractivity contribution in [2.45, 2.75) is 56.1 Å². The maximum atomic E-state index is 12.1. The summed E-state index contributed by atoms with van der Waals surface area (Å²) in [6.07, 6.45) is -0.162. The predicted molar refractivity (Wildman–Crippen MR) is 121 cm³/mol. The molecule has 1 saturated heterocycles. The molecule has 1 aliphatic rings. The van der Waals surface area contributed by atoms with E-state index in [0.717, 1.165) is 5.56 Å². The van der Waals surface area contributed by atoms with E-state index in [4.69, 9.17) is 11.6 Å². The lowest BCUT2D eigenvalue weighted by Crippen LogP contribution is -2.36. The molecule has 1 fully saturated rings. The third kappa shape index (κ3) is 4.55. The molecule has 0 spiro atoms. The molecule has 0 amide bonds. The van der Waals surface area contributed by atoms with Crippen LogP contribution in [0.1, 0.15) is 24.5 Å². The molecule has 164 valence electrons. The fraction of sp³-hybridized carbons (Fsp3) is 0.429. The van der Waals surface area contributed by atoms with Gasteiger partial charge in [0.05, 0.1) is 29.0 Å². The molecule has 4 atom stereocenters. The Bertz CT molecular complexity index is 1110. The number of carbonyl (C=O) groups excluding carboxylic acids is 1. The number of aromatic nitrogens is 4. The van der Waals surface area contributed by atoms with Gasteiger partial charge in [0.25, 0.3) is 0 Å². The van der Waals surface area contributed by atoms with Crippen molar-refractivity contribution in [3.05, 3.63) is 47.0 Å². The number of aryl methyl sites for hydroxylation is 1. The summed E-state index contributed by atoms with van der Waals surface area (Å²) in [7, 11) is 0. The number of aliphatic hydroxyl groups is 2. The summed E-state index contributed by atoms with van der Waals surface area (Å²) in [6.45, 7) is 4.68. The maximum Gasteiger partial charge on any atom is 0.226 e. The Hall–Kier alpha value is -2.20. The Morgan fingerprint density at radius 3 is 2.84 bits per heavy atom. The van der Waals surface area contributed by atoms with E-state index < -0.39 is 17.5 Å². The van der Waals surface area contributed by atoms with Crippen LogP contribution in [0.2, 0.25) is 5.28 Å². The summed E-state index contributed by atoms with van der Waals surface area (Å²) in [5.74, 6) is 0.455. The van der Waals surface area contributed by atoms with E-state index in [2.05, 4.69) is 26.3 Å². The van der Waals surface area contributed by atoms with Crippen LogP contribution < -0.4 is 5.32 Å². The Kier molecular flexibility index (Phi) is 6.47. The molecule has 31 heavy (non-hydrogen) atoms. The Morgan fingerprint density at radius 1 is 1.29 bits per heavy atom. The van der Waals surface area contributed by atoms with Gasteiger partial charge in [0.2, 0.25) is 5.28 Å². The van der Waals surface area contributed by atoms with Gasteiger partial charge in [-0.15, -0.1) is 11.8 Å². The summed E-state index contributed by atoms with van der Waals surface area (Å²) in [5.41, 5.74) is 3.37. The molecule has 1 unspecified atom stereocenters. The lowest BCUT2D eigenvalue weighted by atomic mass is 10.0. The number of aliphatic hydroxyl groups excluding tert-OH is 2. The number of fused-ring (bicyclic) bond motifs is 1.